The zero-order valence-corrected chi connectivity index (χ0v) is 21.2. The number of urea groups is 1. The second-order valence-electron chi connectivity index (χ2n) is 8.23. The van der Waals surface area contributed by atoms with Gasteiger partial charge < -0.3 is 20.2 Å². The van der Waals surface area contributed by atoms with Gasteiger partial charge in [0.05, 0.1) is 12.6 Å². The number of likely N-dealkylation sites (N-methyl/N-ethyl adjacent to an activating group) is 1. The summed E-state index contributed by atoms with van der Waals surface area (Å²) >= 11 is 5.77. The third-order valence-electron chi connectivity index (χ3n) is 5.45. The van der Waals surface area contributed by atoms with Crippen LogP contribution in [0.4, 0.5) is 10.5 Å². The van der Waals surface area contributed by atoms with Crippen LogP contribution < -0.4 is 16.1 Å². The Morgan fingerprint density at radius 2 is 1.78 bits per heavy atom. The number of fused-ring (bicyclic) bond motifs is 1. The van der Waals surface area contributed by atoms with Gasteiger partial charge in [-0.2, -0.15) is 0 Å². The van der Waals surface area contributed by atoms with Crippen LogP contribution in [0.25, 0.3) is 0 Å². The van der Waals surface area contributed by atoms with Crippen molar-refractivity contribution in [2.45, 2.75) is 44.7 Å². The SMILES string of the molecule is CN[C@H](C=O)CC(C)=O.O=C[C@@H]1CCCN2C(=O)CCN(NC(=O)C(=O)Nc3ccc(Cl)cc3)C(=O)N12. The molecule has 0 aliphatic carbocycles. The second kappa shape index (κ2) is 14.0. The fourth-order valence-corrected chi connectivity index (χ4v) is 3.68. The van der Waals surface area contributed by atoms with Crippen LogP contribution in [0.3, 0.4) is 0 Å². The predicted octanol–water partition coefficient (Wildman–Crippen LogP) is 0.295. The zero-order chi connectivity index (χ0) is 27.5. The summed E-state index contributed by atoms with van der Waals surface area (Å²) in [6, 6.07) is 4.28. The molecule has 14 heteroatoms. The van der Waals surface area contributed by atoms with E-state index in [1.54, 1.807) is 19.2 Å². The maximum absolute atomic E-state index is 12.8. The average molecular weight is 537 g/mol. The molecule has 5 amide bonds. The molecule has 0 radical (unpaired) electrons. The molecule has 0 saturated carbocycles. The molecule has 0 unspecified atom stereocenters. The van der Waals surface area contributed by atoms with E-state index < -0.39 is 23.9 Å². The fraction of sp³-hybridized carbons (Fsp3) is 0.435. The van der Waals surface area contributed by atoms with Gasteiger partial charge in [0.2, 0.25) is 5.91 Å². The Hall–Kier alpha value is -3.84. The molecular formula is C23H29ClN6O7. The van der Waals surface area contributed by atoms with Crippen molar-refractivity contribution in [2.24, 2.45) is 0 Å². The number of Topliss-reactive ketones (excluding diaryl/α,β-unsaturated/α-hetero) is 1. The highest BCUT2D eigenvalue weighted by Gasteiger charge is 2.41. The lowest BCUT2D eigenvalue weighted by atomic mass is 10.1. The molecule has 0 aromatic heterocycles. The maximum Gasteiger partial charge on any atom is 0.358 e. The molecular weight excluding hydrogens is 508 g/mol. The number of ketones is 1. The molecule has 200 valence electrons. The van der Waals surface area contributed by atoms with Gasteiger partial charge in [0.1, 0.15) is 24.4 Å². The first kappa shape index (κ1) is 29.4. The Balaban J connectivity index is 0.000000458. The lowest BCUT2D eigenvalue weighted by Gasteiger charge is -2.41. The number of aldehydes is 2. The van der Waals surface area contributed by atoms with E-state index in [1.165, 1.54) is 24.1 Å². The van der Waals surface area contributed by atoms with E-state index >= 15 is 0 Å². The van der Waals surface area contributed by atoms with Gasteiger partial charge >= 0.3 is 17.8 Å². The van der Waals surface area contributed by atoms with Crippen LogP contribution in [0.5, 0.6) is 0 Å². The number of hydrazine groups is 2. The summed E-state index contributed by atoms with van der Waals surface area (Å²) in [5, 5.41) is 8.69. The van der Waals surface area contributed by atoms with Crippen molar-refractivity contribution in [1.82, 2.24) is 25.8 Å². The highest BCUT2D eigenvalue weighted by atomic mass is 35.5. The molecule has 37 heavy (non-hydrogen) atoms. The van der Waals surface area contributed by atoms with E-state index in [4.69, 9.17) is 11.6 Å². The van der Waals surface area contributed by atoms with Gasteiger partial charge in [-0.15, -0.1) is 0 Å². The summed E-state index contributed by atoms with van der Waals surface area (Å²) in [6.45, 7) is 1.66. The number of benzene rings is 1. The number of rotatable bonds is 7. The number of nitrogens with zero attached hydrogens (tertiary/aromatic N) is 3. The Bertz CT molecular complexity index is 1030. The lowest BCUT2D eigenvalue weighted by Crippen LogP contribution is -2.62. The third-order valence-corrected chi connectivity index (χ3v) is 5.70. The van der Waals surface area contributed by atoms with Crippen molar-refractivity contribution in [3.8, 4) is 0 Å². The van der Waals surface area contributed by atoms with Gasteiger partial charge in [-0.25, -0.2) is 19.8 Å². The molecule has 3 N–H and O–H groups in total. The number of hydrogen-bond donors (Lipinski definition) is 3. The number of halogens is 1. The van der Waals surface area contributed by atoms with Crippen LogP contribution in [-0.4, -0.2) is 89.4 Å². The second-order valence-corrected chi connectivity index (χ2v) is 8.67. The standard InChI is InChI=1S/C17H18ClN5O5.C6H11NO2/c18-11-3-5-12(6-4-11)19-15(26)16(27)20-21-9-7-14(25)22-8-1-2-13(10-24)23(22)17(21)28;1-5(9)3-6(4-8)7-2/h3-6,10,13H,1-2,7-9H2,(H,19,26)(H,20,27);4,6-7H,3H2,1-2H3/t13-;6-/m00/s1. The molecule has 2 saturated heterocycles. The van der Waals surface area contributed by atoms with E-state index in [-0.39, 0.29) is 30.7 Å². The Morgan fingerprint density at radius 1 is 1.11 bits per heavy atom. The minimum absolute atomic E-state index is 0.0291. The summed E-state index contributed by atoms with van der Waals surface area (Å²) in [5.41, 5.74) is 2.56. The Labute approximate surface area is 218 Å². The number of anilines is 1. The molecule has 2 atom stereocenters. The Kier molecular flexibility index (Phi) is 11.2. The molecule has 2 aliphatic heterocycles. The van der Waals surface area contributed by atoms with Crippen LogP contribution in [0, 0.1) is 0 Å². The van der Waals surface area contributed by atoms with E-state index in [0.29, 0.717) is 42.8 Å². The number of nitrogens with one attached hydrogen (secondary N) is 3. The first-order valence-electron chi connectivity index (χ1n) is 11.5. The van der Waals surface area contributed by atoms with Crippen LogP contribution >= 0.6 is 11.6 Å². The lowest BCUT2D eigenvalue weighted by molar-refractivity contribution is -0.151. The minimum Gasteiger partial charge on any atom is -0.318 e. The van der Waals surface area contributed by atoms with Crippen LogP contribution in [0.1, 0.15) is 32.6 Å². The van der Waals surface area contributed by atoms with E-state index in [2.05, 4.69) is 16.1 Å². The van der Waals surface area contributed by atoms with Gasteiger partial charge in [-0.05, 0) is 51.1 Å². The molecule has 0 spiro atoms. The van der Waals surface area contributed by atoms with Gasteiger partial charge in [-0.3, -0.25) is 24.6 Å². The predicted molar refractivity (Wildman–Crippen MR) is 132 cm³/mol. The molecule has 2 aliphatic rings. The summed E-state index contributed by atoms with van der Waals surface area (Å²) in [6.07, 6.45) is 2.58. The van der Waals surface area contributed by atoms with Crippen molar-refractivity contribution in [3.05, 3.63) is 29.3 Å². The minimum atomic E-state index is -1.08. The smallest absolute Gasteiger partial charge is 0.318 e. The third kappa shape index (κ3) is 8.36. The van der Waals surface area contributed by atoms with Crippen molar-refractivity contribution in [2.75, 3.05) is 25.5 Å². The summed E-state index contributed by atoms with van der Waals surface area (Å²) in [4.78, 5) is 81.1. The molecule has 3 rings (SSSR count). The first-order chi connectivity index (χ1) is 17.6. The fourth-order valence-electron chi connectivity index (χ4n) is 3.56. The maximum atomic E-state index is 12.8. The summed E-state index contributed by atoms with van der Waals surface area (Å²) < 4.78 is 0. The van der Waals surface area contributed by atoms with Crippen molar-refractivity contribution in [1.29, 1.82) is 0 Å². The Morgan fingerprint density at radius 3 is 2.32 bits per heavy atom. The normalized spacial score (nSPS) is 17.9. The van der Waals surface area contributed by atoms with E-state index in [1.807, 2.05) is 0 Å². The van der Waals surface area contributed by atoms with E-state index in [9.17, 15) is 33.6 Å². The molecule has 0 bridgehead atoms. The quantitative estimate of drug-likeness (QED) is 0.330. The van der Waals surface area contributed by atoms with Crippen molar-refractivity contribution < 1.29 is 33.6 Å². The molecule has 1 aromatic rings. The van der Waals surface area contributed by atoms with Gasteiger partial charge in [0, 0.05) is 30.1 Å². The monoisotopic (exact) mass is 536 g/mol. The average Bonchev–Trinajstić information content (AvgIpc) is 3.00. The summed E-state index contributed by atoms with van der Waals surface area (Å²) in [5.74, 6) is -2.37. The van der Waals surface area contributed by atoms with Crippen molar-refractivity contribution in [3.63, 3.8) is 0 Å². The van der Waals surface area contributed by atoms with Gasteiger partial charge in [0.15, 0.2) is 0 Å². The zero-order valence-electron chi connectivity index (χ0n) is 20.4. The summed E-state index contributed by atoms with van der Waals surface area (Å²) in [7, 11) is 1.65. The molecule has 1 aromatic carbocycles. The number of amides is 5. The molecule has 13 nitrogen and oxygen atoms in total. The number of hydrogen-bond acceptors (Lipinski definition) is 8. The topological polar surface area (TPSA) is 165 Å². The van der Waals surface area contributed by atoms with Crippen molar-refractivity contribution >= 4 is 59.4 Å². The van der Waals surface area contributed by atoms with Crippen LogP contribution in [-0.2, 0) is 28.8 Å². The highest BCUT2D eigenvalue weighted by Crippen LogP contribution is 2.22. The van der Waals surface area contributed by atoms with Crippen LogP contribution in [0.2, 0.25) is 5.02 Å². The molecule has 2 fully saturated rings. The van der Waals surface area contributed by atoms with E-state index in [0.717, 1.165) is 16.3 Å². The number of carbonyl (C=O) groups excluding carboxylic acids is 7. The van der Waals surface area contributed by atoms with Gasteiger partial charge in [0.25, 0.3) is 0 Å². The molecule has 2 heterocycles. The largest absolute Gasteiger partial charge is 0.358 e. The van der Waals surface area contributed by atoms with Crippen LogP contribution in [0.15, 0.2) is 24.3 Å². The number of carbonyl (C=O) groups is 7. The van der Waals surface area contributed by atoms with Gasteiger partial charge in [-0.1, -0.05) is 11.6 Å². The first-order valence-corrected chi connectivity index (χ1v) is 11.8. The highest BCUT2D eigenvalue weighted by molar-refractivity contribution is 6.39.